The Morgan fingerprint density at radius 1 is 1.32 bits per heavy atom. The summed E-state index contributed by atoms with van der Waals surface area (Å²) in [7, 11) is 0. The number of carbonyl (C=O) groups is 1. The van der Waals surface area contributed by atoms with Crippen LogP contribution in [0.1, 0.15) is 44.6 Å². The number of fused-ring (bicyclic) bond motifs is 1. The molecule has 1 aromatic heterocycles. The van der Waals surface area contributed by atoms with E-state index < -0.39 is 5.54 Å². The molecule has 5 heteroatoms. The average Bonchev–Trinajstić information content (AvgIpc) is 2.62. The summed E-state index contributed by atoms with van der Waals surface area (Å²) in [5.74, 6) is -0.0824. The van der Waals surface area contributed by atoms with Crippen molar-refractivity contribution < 1.29 is 4.79 Å². The minimum Gasteiger partial charge on any atom is -0.337 e. The Hall–Kier alpha value is -2.06. The van der Waals surface area contributed by atoms with Gasteiger partial charge < -0.3 is 5.32 Å². The van der Waals surface area contributed by atoms with Crippen LogP contribution in [0, 0.1) is 18.3 Å². The third-order valence-electron chi connectivity index (χ3n) is 4.85. The van der Waals surface area contributed by atoms with Crippen LogP contribution in [-0.2, 0) is 4.79 Å². The number of thioether (sulfide) groups is 1. The highest BCUT2D eigenvalue weighted by atomic mass is 32.2. The molecule has 0 spiro atoms. The normalized spacial score (nSPS) is 17.6. The predicted octanol–water partition coefficient (Wildman–Crippen LogP) is 4.37. The molecule has 0 radical (unpaired) electrons. The first-order valence-electron chi connectivity index (χ1n) is 8.79. The fourth-order valence-electron chi connectivity index (χ4n) is 3.37. The van der Waals surface area contributed by atoms with Crippen molar-refractivity contribution in [3.8, 4) is 6.07 Å². The van der Waals surface area contributed by atoms with Gasteiger partial charge in [-0.2, -0.15) is 5.26 Å². The van der Waals surface area contributed by atoms with Crippen LogP contribution >= 0.6 is 11.8 Å². The molecule has 130 valence electrons. The Kier molecular flexibility index (Phi) is 5.29. The van der Waals surface area contributed by atoms with Crippen molar-refractivity contribution in [2.45, 2.75) is 61.8 Å². The summed E-state index contributed by atoms with van der Waals surface area (Å²) >= 11 is 1.45. The summed E-state index contributed by atoms with van der Waals surface area (Å²) in [6, 6.07) is 12.4. The Bertz CT molecular complexity index is 821. The molecule has 1 unspecified atom stereocenters. The summed E-state index contributed by atoms with van der Waals surface area (Å²) in [6.07, 6.45) is 4.64. The van der Waals surface area contributed by atoms with Gasteiger partial charge in [-0.05, 0) is 44.4 Å². The Balaban J connectivity index is 1.72. The Morgan fingerprint density at radius 2 is 2.04 bits per heavy atom. The lowest BCUT2D eigenvalue weighted by Crippen LogP contribution is -2.50. The van der Waals surface area contributed by atoms with E-state index in [9.17, 15) is 10.1 Å². The molecule has 4 nitrogen and oxygen atoms in total. The van der Waals surface area contributed by atoms with Crippen LogP contribution in [0.4, 0.5) is 0 Å². The maximum absolute atomic E-state index is 12.6. The van der Waals surface area contributed by atoms with Crippen molar-refractivity contribution in [2.24, 2.45) is 0 Å². The van der Waals surface area contributed by atoms with Crippen molar-refractivity contribution in [1.29, 1.82) is 5.26 Å². The number of nitrogens with zero attached hydrogens (tertiary/aromatic N) is 2. The molecule has 1 fully saturated rings. The number of aromatic nitrogens is 1. The number of hydrogen-bond donors (Lipinski definition) is 1. The van der Waals surface area contributed by atoms with Crippen LogP contribution in [0.3, 0.4) is 0 Å². The predicted molar refractivity (Wildman–Crippen MR) is 101 cm³/mol. The topological polar surface area (TPSA) is 65.8 Å². The van der Waals surface area contributed by atoms with Crippen LogP contribution in [-0.4, -0.2) is 21.7 Å². The van der Waals surface area contributed by atoms with Gasteiger partial charge in [0.1, 0.15) is 5.54 Å². The van der Waals surface area contributed by atoms with E-state index in [4.69, 9.17) is 0 Å². The minimum absolute atomic E-state index is 0.0824. The van der Waals surface area contributed by atoms with Crippen LogP contribution in [0.25, 0.3) is 10.9 Å². The van der Waals surface area contributed by atoms with Gasteiger partial charge in [0.15, 0.2) is 0 Å². The van der Waals surface area contributed by atoms with E-state index in [2.05, 4.69) is 29.4 Å². The largest absolute Gasteiger partial charge is 0.337 e. The molecule has 1 atom stereocenters. The van der Waals surface area contributed by atoms with Crippen LogP contribution in [0.5, 0.6) is 0 Å². The molecule has 1 amide bonds. The second kappa shape index (κ2) is 7.45. The number of nitriles is 1. The van der Waals surface area contributed by atoms with Crippen LogP contribution in [0.15, 0.2) is 35.4 Å². The first-order chi connectivity index (χ1) is 12.0. The monoisotopic (exact) mass is 353 g/mol. The number of benzene rings is 1. The molecule has 0 bridgehead atoms. The number of rotatable bonds is 4. The van der Waals surface area contributed by atoms with E-state index in [1.54, 1.807) is 0 Å². The number of nitrogens with one attached hydrogen (secondary N) is 1. The molecule has 2 aromatic rings. The smallest absolute Gasteiger partial charge is 0.234 e. The van der Waals surface area contributed by atoms with Crippen LogP contribution in [0.2, 0.25) is 0 Å². The summed E-state index contributed by atoms with van der Waals surface area (Å²) in [5.41, 5.74) is 1.41. The Labute approximate surface area is 153 Å². The number of amides is 1. The van der Waals surface area contributed by atoms with E-state index in [1.165, 1.54) is 11.8 Å². The highest BCUT2D eigenvalue weighted by molar-refractivity contribution is 8.00. The summed E-state index contributed by atoms with van der Waals surface area (Å²) in [5, 5.41) is 14.2. The zero-order chi connectivity index (χ0) is 17.9. The molecular formula is C20H23N3OS. The number of pyridine rings is 1. The van der Waals surface area contributed by atoms with Crippen molar-refractivity contribution in [3.63, 3.8) is 0 Å². The quantitative estimate of drug-likeness (QED) is 0.829. The lowest BCUT2D eigenvalue weighted by molar-refractivity contribution is -0.121. The SMILES string of the molecule is Cc1cc(SC(C)C(=O)NC2(C#N)CCCCC2)nc2ccccc12. The number of aryl methyl sites for hydroxylation is 1. The molecule has 1 heterocycles. The standard InChI is InChI=1S/C20H23N3OS/c1-14-12-18(22-17-9-5-4-8-16(14)17)25-15(2)19(24)23-20(13-21)10-6-3-7-11-20/h4-5,8-9,12,15H,3,6-7,10-11H2,1-2H3,(H,23,24). The van der Waals surface area contributed by atoms with Gasteiger partial charge in [0, 0.05) is 5.39 Å². The van der Waals surface area contributed by atoms with Crippen LogP contribution < -0.4 is 5.32 Å². The van der Waals surface area contributed by atoms with Gasteiger partial charge in [0.2, 0.25) is 5.91 Å². The maximum atomic E-state index is 12.6. The second-order valence-electron chi connectivity index (χ2n) is 6.80. The summed E-state index contributed by atoms with van der Waals surface area (Å²) in [6.45, 7) is 3.94. The third kappa shape index (κ3) is 3.96. The lowest BCUT2D eigenvalue weighted by atomic mass is 9.83. The van der Waals surface area contributed by atoms with E-state index in [1.807, 2.05) is 31.2 Å². The zero-order valence-corrected chi connectivity index (χ0v) is 15.5. The first-order valence-corrected chi connectivity index (χ1v) is 9.67. The van der Waals surface area contributed by atoms with Crippen molar-refractivity contribution in [2.75, 3.05) is 0 Å². The average molecular weight is 353 g/mol. The number of hydrogen-bond acceptors (Lipinski definition) is 4. The highest BCUT2D eigenvalue weighted by Crippen LogP contribution is 2.30. The van der Waals surface area contributed by atoms with Gasteiger partial charge in [-0.15, -0.1) is 0 Å². The summed E-state index contributed by atoms with van der Waals surface area (Å²) < 4.78 is 0. The third-order valence-corrected chi connectivity index (χ3v) is 5.87. The van der Waals surface area contributed by atoms with Gasteiger partial charge in [-0.1, -0.05) is 49.2 Å². The van der Waals surface area contributed by atoms with Crippen molar-refractivity contribution in [1.82, 2.24) is 10.3 Å². The molecule has 3 rings (SSSR count). The molecule has 0 saturated heterocycles. The zero-order valence-electron chi connectivity index (χ0n) is 14.7. The maximum Gasteiger partial charge on any atom is 0.234 e. The molecule has 1 saturated carbocycles. The highest BCUT2D eigenvalue weighted by Gasteiger charge is 2.34. The lowest BCUT2D eigenvalue weighted by Gasteiger charge is -2.32. The van der Waals surface area contributed by atoms with Gasteiger partial charge in [0.05, 0.1) is 21.9 Å². The van der Waals surface area contributed by atoms with Crippen molar-refractivity contribution >= 4 is 28.6 Å². The van der Waals surface area contributed by atoms with Gasteiger partial charge in [-0.3, -0.25) is 4.79 Å². The molecule has 0 aliphatic heterocycles. The van der Waals surface area contributed by atoms with Crippen molar-refractivity contribution in [3.05, 3.63) is 35.9 Å². The minimum atomic E-state index is -0.684. The van der Waals surface area contributed by atoms with Gasteiger partial charge in [-0.25, -0.2) is 4.98 Å². The second-order valence-corrected chi connectivity index (χ2v) is 8.16. The Morgan fingerprint density at radius 3 is 2.76 bits per heavy atom. The fourth-order valence-corrected chi connectivity index (χ4v) is 4.30. The summed E-state index contributed by atoms with van der Waals surface area (Å²) in [4.78, 5) is 17.3. The molecule has 1 aliphatic rings. The van der Waals surface area contributed by atoms with E-state index in [-0.39, 0.29) is 11.2 Å². The van der Waals surface area contributed by atoms with E-state index >= 15 is 0 Å². The first kappa shape index (κ1) is 17.8. The van der Waals surface area contributed by atoms with Gasteiger partial charge in [0.25, 0.3) is 0 Å². The molecule has 1 aliphatic carbocycles. The van der Waals surface area contributed by atoms with E-state index in [0.29, 0.717) is 0 Å². The molecular weight excluding hydrogens is 330 g/mol. The van der Waals surface area contributed by atoms with E-state index in [0.717, 1.165) is 53.6 Å². The molecule has 1 aromatic carbocycles. The fraction of sp³-hybridized carbons (Fsp3) is 0.450. The molecule has 25 heavy (non-hydrogen) atoms. The number of para-hydroxylation sites is 1. The van der Waals surface area contributed by atoms with Gasteiger partial charge >= 0.3 is 0 Å². The molecule has 1 N–H and O–H groups in total. The number of carbonyl (C=O) groups excluding carboxylic acids is 1.